The largest absolute Gasteiger partial charge is 0.481 e. The minimum atomic E-state index is -0.536. The first-order chi connectivity index (χ1) is 14.9. The third-order valence-electron chi connectivity index (χ3n) is 12.6. The van der Waals surface area contributed by atoms with Crippen LogP contribution >= 0.6 is 0 Å². The molecule has 0 bridgehead atoms. The van der Waals surface area contributed by atoms with Crippen LogP contribution in [0.4, 0.5) is 0 Å². The number of rotatable bonds is 1. The van der Waals surface area contributed by atoms with E-state index in [0.717, 1.165) is 44.9 Å². The van der Waals surface area contributed by atoms with Gasteiger partial charge in [0.2, 0.25) is 0 Å². The third-order valence-corrected chi connectivity index (χ3v) is 12.6. The monoisotopic (exact) mass is 442 g/mol. The molecule has 0 aromatic carbocycles. The van der Waals surface area contributed by atoms with Crippen LogP contribution in [0, 0.1) is 57.2 Å². The molecule has 0 aliphatic heterocycles. The zero-order chi connectivity index (χ0) is 23.3. The molecule has 0 radical (unpaired) electrons. The van der Waals surface area contributed by atoms with E-state index in [0.29, 0.717) is 29.6 Å². The van der Waals surface area contributed by atoms with Crippen molar-refractivity contribution in [2.45, 2.75) is 105 Å². The summed E-state index contributed by atoms with van der Waals surface area (Å²) in [4.78, 5) is 12.7. The number of carboxylic acid groups (broad SMARTS) is 1. The van der Waals surface area contributed by atoms with Crippen LogP contribution in [0.5, 0.6) is 0 Å². The fourth-order valence-electron chi connectivity index (χ4n) is 10.5. The van der Waals surface area contributed by atoms with E-state index in [-0.39, 0.29) is 28.3 Å². The Balaban J connectivity index is 1.56. The molecule has 3 heteroatoms. The highest BCUT2D eigenvalue weighted by atomic mass is 16.4. The van der Waals surface area contributed by atoms with Gasteiger partial charge in [0.1, 0.15) is 0 Å². The summed E-state index contributed by atoms with van der Waals surface area (Å²) < 4.78 is 0. The van der Waals surface area contributed by atoms with Gasteiger partial charge in [-0.05, 0) is 110 Å². The highest BCUT2D eigenvalue weighted by Crippen LogP contribution is 2.72. The summed E-state index contributed by atoms with van der Waals surface area (Å²) in [6, 6.07) is 0. The minimum Gasteiger partial charge on any atom is -0.481 e. The molecule has 5 aliphatic carbocycles. The van der Waals surface area contributed by atoms with E-state index < -0.39 is 11.4 Å². The lowest BCUT2D eigenvalue weighted by Gasteiger charge is -2.68. The van der Waals surface area contributed by atoms with Gasteiger partial charge in [-0.1, -0.05) is 53.2 Å². The first kappa shape index (κ1) is 22.9. The summed E-state index contributed by atoms with van der Waals surface area (Å²) in [7, 11) is 0. The van der Waals surface area contributed by atoms with Gasteiger partial charge < -0.3 is 10.2 Å². The predicted octanol–water partition coefficient (Wildman–Crippen LogP) is 6.70. The molecule has 4 fully saturated rings. The van der Waals surface area contributed by atoms with Gasteiger partial charge in [0.25, 0.3) is 0 Å². The second kappa shape index (κ2) is 7.09. The fourth-order valence-corrected chi connectivity index (χ4v) is 10.5. The van der Waals surface area contributed by atoms with Gasteiger partial charge in [-0.2, -0.15) is 0 Å². The van der Waals surface area contributed by atoms with Crippen LogP contribution in [0.1, 0.15) is 99.3 Å². The Labute approximate surface area is 195 Å². The number of aliphatic hydroxyl groups excluding tert-OH is 1. The van der Waals surface area contributed by atoms with E-state index >= 15 is 0 Å². The van der Waals surface area contributed by atoms with Crippen LogP contribution in [-0.2, 0) is 4.79 Å². The van der Waals surface area contributed by atoms with Gasteiger partial charge in [-0.25, -0.2) is 0 Å². The molecule has 0 aromatic rings. The molecule has 5 rings (SSSR count). The lowest BCUT2D eigenvalue weighted by atomic mass is 9.37. The number of carboxylic acids is 1. The van der Waals surface area contributed by atoms with Crippen LogP contribution in [0.15, 0.2) is 11.6 Å². The van der Waals surface area contributed by atoms with Crippen LogP contribution in [0.3, 0.4) is 0 Å². The fraction of sp³-hybridized carbons (Fsp3) is 0.897. The third kappa shape index (κ3) is 2.72. The Morgan fingerprint density at radius 1 is 0.906 bits per heavy atom. The molecule has 2 N–H and O–H groups in total. The van der Waals surface area contributed by atoms with Gasteiger partial charge >= 0.3 is 5.97 Å². The van der Waals surface area contributed by atoms with Crippen molar-refractivity contribution in [1.29, 1.82) is 0 Å². The quantitative estimate of drug-likeness (QED) is 0.444. The highest BCUT2D eigenvalue weighted by molar-refractivity contribution is 5.76. The Morgan fingerprint density at radius 2 is 1.56 bits per heavy atom. The van der Waals surface area contributed by atoms with E-state index in [1.54, 1.807) is 0 Å². The van der Waals surface area contributed by atoms with E-state index in [1.165, 1.54) is 18.4 Å². The second-order valence-corrected chi connectivity index (χ2v) is 13.9. The Bertz CT molecular complexity index is 828. The SMILES string of the molecule is CC1C2C3=CCC4C(C)(CCC5C(C)(C)C(O)CCC54C)C3CCC2(C(=O)O)CC[C@H]1C. The maximum atomic E-state index is 12.7. The number of carbonyl (C=O) groups is 1. The van der Waals surface area contributed by atoms with Crippen LogP contribution in [-0.4, -0.2) is 22.3 Å². The molecular formula is C29H46O3. The maximum absolute atomic E-state index is 12.7. The molecule has 32 heavy (non-hydrogen) atoms. The highest BCUT2D eigenvalue weighted by Gasteiger charge is 2.66. The maximum Gasteiger partial charge on any atom is 0.310 e. The lowest BCUT2D eigenvalue weighted by molar-refractivity contribution is -0.189. The van der Waals surface area contributed by atoms with Crippen molar-refractivity contribution in [3.8, 4) is 0 Å². The Kier molecular flexibility index (Phi) is 5.08. The molecule has 0 aromatic heterocycles. The molecular weight excluding hydrogens is 396 g/mol. The molecule has 5 aliphatic rings. The molecule has 10 atom stereocenters. The second-order valence-electron chi connectivity index (χ2n) is 13.9. The smallest absolute Gasteiger partial charge is 0.310 e. The molecule has 0 saturated heterocycles. The zero-order valence-electron chi connectivity index (χ0n) is 21.3. The number of aliphatic carboxylic acids is 1. The number of fused-ring (bicyclic) bond motifs is 7. The van der Waals surface area contributed by atoms with Crippen molar-refractivity contribution in [2.24, 2.45) is 57.2 Å². The van der Waals surface area contributed by atoms with Crippen molar-refractivity contribution in [3.05, 3.63) is 11.6 Å². The first-order valence-electron chi connectivity index (χ1n) is 13.5. The molecule has 0 amide bonds. The van der Waals surface area contributed by atoms with Gasteiger partial charge in [-0.3, -0.25) is 4.79 Å². The van der Waals surface area contributed by atoms with Crippen molar-refractivity contribution in [2.75, 3.05) is 0 Å². The topological polar surface area (TPSA) is 57.5 Å². The van der Waals surface area contributed by atoms with Crippen molar-refractivity contribution in [3.63, 3.8) is 0 Å². The number of aliphatic hydroxyl groups is 1. The van der Waals surface area contributed by atoms with Crippen molar-refractivity contribution < 1.29 is 15.0 Å². The van der Waals surface area contributed by atoms with Crippen LogP contribution in [0.2, 0.25) is 0 Å². The van der Waals surface area contributed by atoms with Gasteiger partial charge in [-0.15, -0.1) is 0 Å². The summed E-state index contributed by atoms with van der Waals surface area (Å²) in [5, 5.41) is 21.3. The summed E-state index contributed by atoms with van der Waals surface area (Å²) >= 11 is 0. The molecule has 0 heterocycles. The lowest BCUT2D eigenvalue weighted by Crippen LogP contribution is -2.62. The summed E-state index contributed by atoms with van der Waals surface area (Å²) in [5.41, 5.74) is 1.52. The average molecular weight is 443 g/mol. The standard InChI is InChI=1S/C29H46O3/c1-17-9-15-29(25(31)32)16-10-20-19(24(29)18(17)2)7-8-22-27(20,5)13-11-21-26(3,4)23(30)12-14-28(21,22)6/h7,17-18,20-24,30H,8-16H2,1-6H3,(H,31,32)/t17-,18?,20?,21?,22?,23?,24?,27?,28?,29?/m1/s1. The minimum absolute atomic E-state index is 0.0172. The van der Waals surface area contributed by atoms with Crippen molar-refractivity contribution >= 4 is 5.97 Å². The van der Waals surface area contributed by atoms with E-state index in [9.17, 15) is 15.0 Å². The van der Waals surface area contributed by atoms with E-state index in [2.05, 4.69) is 47.6 Å². The number of hydrogen-bond acceptors (Lipinski definition) is 2. The number of allylic oxidation sites excluding steroid dienone is 2. The summed E-state index contributed by atoms with van der Waals surface area (Å²) in [5.74, 6) is 2.49. The average Bonchev–Trinajstić information content (AvgIpc) is 2.73. The van der Waals surface area contributed by atoms with E-state index in [4.69, 9.17) is 0 Å². The molecule has 180 valence electrons. The van der Waals surface area contributed by atoms with E-state index in [1.807, 2.05) is 0 Å². The van der Waals surface area contributed by atoms with Gasteiger partial charge in [0.15, 0.2) is 0 Å². The number of hydrogen-bond donors (Lipinski definition) is 2. The Morgan fingerprint density at radius 3 is 2.25 bits per heavy atom. The first-order valence-corrected chi connectivity index (χ1v) is 13.5. The zero-order valence-corrected chi connectivity index (χ0v) is 21.3. The summed E-state index contributed by atoms with van der Waals surface area (Å²) in [6.07, 6.45) is 11.8. The van der Waals surface area contributed by atoms with Crippen LogP contribution < -0.4 is 0 Å². The molecule has 4 saturated carbocycles. The summed E-state index contributed by atoms with van der Waals surface area (Å²) in [6.45, 7) is 14.4. The van der Waals surface area contributed by atoms with Crippen LogP contribution in [0.25, 0.3) is 0 Å². The normalized spacial score (nSPS) is 54.3. The molecule has 9 unspecified atom stereocenters. The van der Waals surface area contributed by atoms with Gasteiger partial charge in [0.05, 0.1) is 11.5 Å². The van der Waals surface area contributed by atoms with Crippen molar-refractivity contribution in [1.82, 2.24) is 0 Å². The van der Waals surface area contributed by atoms with Gasteiger partial charge in [0, 0.05) is 0 Å². The molecule has 0 spiro atoms. The Hall–Kier alpha value is -0.830. The molecule has 3 nitrogen and oxygen atoms in total. The predicted molar refractivity (Wildman–Crippen MR) is 128 cm³/mol.